The second-order valence-corrected chi connectivity index (χ2v) is 7.98. The monoisotopic (exact) mass is 511 g/mol. The Morgan fingerprint density at radius 3 is 2.41 bits per heavy atom. The number of fused-ring (bicyclic) bond motifs is 1. The summed E-state index contributed by atoms with van der Waals surface area (Å²) in [6.45, 7) is -0.224. The summed E-state index contributed by atoms with van der Waals surface area (Å²) in [7, 11) is 1.81. The van der Waals surface area contributed by atoms with Gasteiger partial charge in [0.2, 0.25) is 11.9 Å². The number of benzene rings is 1. The van der Waals surface area contributed by atoms with Crippen LogP contribution in [0.15, 0.2) is 30.5 Å². The van der Waals surface area contributed by atoms with Crippen LogP contribution in [0.2, 0.25) is 0 Å². The quantitative estimate of drug-likeness (QED) is 0.188. The van der Waals surface area contributed by atoms with Crippen molar-refractivity contribution in [3.63, 3.8) is 0 Å². The van der Waals surface area contributed by atoms with Gasteiger partial charge in [-0.1, -0.05) is 0 Å². The highest BCUT2D eigenvalue weighted by Crippen LogP contribution is 2.19. The Labute approximate surface area is 209 Å². The number of carbonyl (C=O) groups is 4. The van der Waals surface area contributed by atoms with Gasteiger partial charge in [0.1, 0.15) is 12.6 Å². The number of aliphatic carboxylic acids is 2. The Balaban J connectivity index is 1.60. The van der Waals surface area contributed by atoms with Crippen molar-refractivity contribution in [2.45, 2.75) is 25.4 Å². The third-order valence-corrected chi connectivity index (χ3v) is 5.17. The first kappa shape index (κ1) is 26.5. The van der Waals surface area contributed by atoms with Gasteiger partial charge >= 0.3 is 11.9 Å². The van der Waals surface area contributed by atoms with E-state index in [4.69, 9.17) is 16.6 Å². The summed E-state index contributed by atoms with van der Waals surface area (Å²) in [5, 5.41) is 22.4. The zero-order chi connectivity index (χ0) is 27.1. The second kappa shape index (κ2) is 11.6. The predicted octanol–water partition coefficient (Wildman–Crippen LogP) is -0.615. The molecule has 2 heterocycles. The molecule has 0 radical (unpaired) electrons. The number of nitrogens with zero attached hydrogens (tertiary/aromatic N) is 5. The van der Waals surface area contributed by atoms with Gasteiger partial charge in [-0.25, -0.2) is 14.8 Å². The van der Waals surface area contributed by atoms with Gasteiger partial charge < -0.3 is 37.2 Å². The SMILES string of the molecule is CN(Cc1cnc2nc(N)nc(N)c2n1)c1ccc(C(=O)N[C@@H](CCC(=O)NCC(=O)O)C(=O)O)cc1. The van der Waals surface area contributed by atoms with Crippen molar-refractivity contribution in [2.24, 2.45) is 0 Å². The highest BCUT2D eigenvalue weighted by atomic mass is 16.4. The molecular weight excluding hydrogens is 486 g/mol. The zero-order valence-corrected chi connectivity index (χ0v) is 19.7. The highest BCUT2D eigenvalue weighted by Gasteiger charge is 2.22. The minimum atomic E-state index is -1.33. The number of hydrogen-bond donors (Lipinski definition) is 6. The Morgan fingerprint density at radius 1 is 1.05 bits per heavy atom. The zero-order valence-electron chi connectivity index (χ0n) is 19.7. The Hall–Kier alpha value is -5.08. The first-order valence-corrected chi connectivity index (χ1v) is 10.9. The number of aromatic nitrogens is 4. The number of carboxylic acid groups (broad SMARTS) is 2. The standard InChI is InChI=1S/C22H25N9O6/c1-31(10-12-8-26-19-17(27-12)18(23)29-22(24)30-19)13-4-2-11(3-5-13)20(35)28-14(21(36)37)6-7-15(32)25-9-16(33)34/h2-5,8,14H,6-7,9-10H2,1H3,(H,25,32)(H,28,35)(H,33,34)(H,36,37)(H4,23,24,26,29,30)/t14-/m0/s1. The molecule has 37 heavy (non-hydrogen) atoms. The van der Waals surface area contributed by atoms with E-state index in [0.29, 0.717) is 17.8 Å². The van der Waals surface area contributed by atoms with Crippen LogP contribution in [-0.4, -0.2) is 73.5 Å². The lowest BCUT2D eigenvalue weighted by Crippen LogP contribution is -2.41. The van der Waals surface area contributed by atoms with Gasteiger partial charge in [-0.3, -0.25) is 14.4 Å². The summed E-state index contributed by atoms with van der Waals surface area (Å²) in [5.41, 5.74) is 13.6. The molecule has 15 heteroatoms. The van der Waals surface area contributed by atoms with Crippen LogP contribution in [-0.2, 0) is 20.9 Å². The van der Waals surface area contributed by atoms with Crippen LogP contribution in [0.1, 0.15) is 28.9 Å². The van der Waals surface area contributed by atoms with Crippen LogP contribution < -0.4 is 27.0 Å². The molecule has 1 atom stereocenters. The van der Waals surface area contributed by atoms with Gasteiger partial charge in [-0.15, -0.1) is 0 Å². The molecule has 0 bridgehead atoms. The van der Waals surface area contributed by atoms with Crippen molar-refractivity contribution >= 4 is 52.4 Å². The van der Waals surface area contributed by atoms with Crippen LogP contribution in [0, 0.1) is 0 Å². The predicted molar refractivity (Wildman–Crippen MR) is 131 cm³/mol. The average Bonchev–Trinajstić information content (AvgIpc) is 2.85. The molecule has 0 aliphatic carbocycles. The van der Waals surface area contributed by atoms with Crippen molar-refractivity contribution < 1.29 is 29.4 Å². The molecule has 2 aromatic heterocycles. The van der Waals surface area contributed by atoms with E-state index < -0.39 is 36.3 Å². The molecule has 8 N–H and O–H groups in total. The third kappa shape index (κ3) is 7.20. The molecule has 0 unspecified atom stereocenters. The van der Waals surface area contributed by atoms with Crippen LogP contribution >= 0.6 is 0 Å². The highest BCUT2D eigenvalue weighted by molar-refractivity contribution is 5.97. The fourth-order valence-corrected chi connectivity index (χ4v) is 3.30. The van der Waals surface area contributed by atoms with Gasteiger partial charge in [0.15, 0.2) is 17.0 Å². The number of carbonyl (C=O) groups excluding carboxylic acids is 2. The van der Waals surface area contributed by atoms with E-state index in [-0.39, 0.29) is 35.8 Å². The Morgan fingerprint density at radius 2 is 1.76 bits per heavy atom. The van der Waals surface area contributed by atoms with Gasteiger partial charge in [-0.05, 0) is 30.7 Å². The fourth-order valence-electron chi connectivity index (χ4n) is 3.30. The summed E-state index contributed by atoms with van der Waals surface area (Å²) in [6.07, 6.45) is 1.07. The number of nitrogen functional groups attached to an aromatic ring is 2. The lowest BCUT2D eigenvalue weighted by atomic mass is 10.1. The molecule has 0 saturated heterocycles. The number of nitrogens with two attached hydrogens (primary N) is 2. The van der Waals surface area contributed by atoms with Crippen molar-refractivity contribution in [3.05, 3.63) is 41.7 Å². The van der Waals surface area contributed by atoms with E-state index in [1.54, 1.807) is 25.4 Å². The summed E-state index contributed by atoms with van der Waals surface area (Å²) in [6, 6.07) is 5.08. The molecule has 2 amide bonds. The van der Waals surface area contributed by atoms with Crippen LogP contribution in [0.4, 0.5) is 17.5 Å². The lowest BCUT2D eigenvalue weighted by Gasteiger charge is -2.19. The minimum Gasteiger partial charge on any atom is -0.480 e. The number of nitrogens with one attached hydrogen (secondary N) is 2. The summed E-state index contributed by atoms with van der Waals surface area (Å²) in [4.78, 5) is 64.6. The van der Waals surface area contributed by atoms with Crippen molar-refractivity contribution in [2.75, 3.05) is 30.0 Å². The molecule has 3 rings (SSSR count). The van der Waals surface area contributed by atoms with Gasteiger partial charge in [0.25, 0.3) is 5.91 Å². The van der Waals surface area contributed by atoms with E-state index >= 15 is 0 Å². The molecule has 3 aromatic rings. The molecule has 15 nitrogen and oxygen atoms in total. The first-order valence-electron chi connectivity index (χ1n) is 10.9. The van der Waals surface area contributed by atoms with E-state index in [9.17, 15) is 24.3 Å². The topological polar surface area (TPSA) is 240 Å². The van der Waals surface area contributed by atoms with Gasteiger partial charge in [0.05, 0.1) is 18.4 Å². The minimum absolute atomic E-state index is 0.00389. The molecule has 194 valence electrons. The van der Waals surface area contributed by atoms with Crippen molar-refractivity contribution in [1.29, 1.82) is 0 Å². The first-order chi connectivity index (χ1) is 17.5. The van der Waals surface area contributed by atoms with Crippen molar-refractivity contribution in [1.82, 2.24) is 30.6 Å². The molecule has 0 spiro atoms. The third-order valence-electron chi connectivity index (χ3n) is 5.17. The maximum absolute atomic E-state index is 12.6. The lowest BCUT2D eigenvalue weighted by molar-refractivity contribution is -0.140. The average molecular weight is 511 g/mol. The van der Waals surface area contributed by atoms with E-state index in [1.165, 1.54) is 12.1 Å². The molecule has 0 fully saturated rings. The van der Waals surface area contributed by atoms with Crippen LogP contribution in [0.5, 0.6) is 0 Å². The number of anilines is 3. The van der Waals surface area contributed by atoms with Crippen molar-refractivity contribution in [3.8, 4) is 0 Å². The summed E-state index contributed by atoms with van der Waals surface area (Å²) in [5.74, 6) is -3.69. The maximum atomic E-state index is 12.6. The van der Waals surface area contributed by atoms with E-state index in [1.807, 2.05) is 4.90 Å². The summed E-state index contributed by atoms with van der Waals surface area (Å²) >= 11 is 0. The molecule has 1 aromatic carbocycles. The molecule has 0 aliphatic heterocycles. The summed E-state index contributed by atoms with van der Waals surface area (Å²) < 4.78 is 0. The van der Waals surface area contributed by atoms with E-state index in [2.05, 4.69) is 30.6 Å². The number of amides is 2. The molecular formula is C22H25N9O6. The van der Waals surface area contributed by atoms with E-state index in [0.717, 1.165) is 5.69 Å². The maximum Gasteiger partial charge on any atom is 0.326 e. The fraction of sp³-hybridized carbons (Fsp3) is 0.273. The molecule has 0 aliphatic rings. The smallest absolute Gasteiger partial charge is 0.326 e. The van der Waals surface area contributed by atoms with Gasteiger partial charge in [-0.2, -0.15) is 9.97 Å². The Bertz CT molecular complexity index is 1330. The Kier molecular flexibility index (Phi) is 8.29. The molecule has 0 saturated carbocycles. The van der Waals surface area contributed by atoms with Gasteiger partial charge in [0, 0.05) is 24.7 Å². The number of carboxylic acids is 2. The van der Waals surface area contributed by atoms with Crippen LogP contribution in [0.3, 0.4) is 0 Å². The number of rotatable bonds is 11. The normalized spacial score (nSPS) is 11.5. The van der Waals surface area contributed by atoms with Crippen LogP contribution in [0.25, 0.3) is 11.2 Å². The largest absolute Gasteiger partial charge is 0.480 e. The number of hydrogen-bond acceptors (Lipinski definition) is 11. The second-order valence-electron chi connectivity index (χ2n) is 7.98.